The molecule has 0 aromatic rings. The van der Waals surface area contributed by atoms with Crippen LogP contribution in [0.2, 0.25) is 0 Å². The van der Waals surface area contributed by atoms with E-state index in [-0.39, 0.29) is 12.1 Å². The summed E-state index contributed by atoms with van der Waals surface area (Å²) >= 11 is 0. The van der Waals surface area contributed by atoms with Crippen LogP contribution in [0.3, 0.4) is 0 Å². The van der Waals surface area contributed by atoms with Crippen LogP contribution in [-0.4, -0.2) is 57.0 Å². The van der Waals surface area contributed by atoms with Gasteiger partial charge in [0.05, 0.1) is 25.9 Å². The van der Waals surface area contributed by atoms with Gasteiger partial charge in [0.25, 0.3) is 0 Å². The summed E-state index contributed by atoms with van der Waals surface area (Å²) in [4.78, 5) is 13.9. The molecule has 1 aliphatic heterocycles. The molecule has 1 fully saturated rings. The van der Waals surface area contributed by atoms with Gasteiger partial charge in [0.1, 0.15) is 0 Å². The Bertz CT molecular complexity index is 318. The molecule has 0 radical (unpaired) electrons. The first kappa shape index (κ1) is 14.3. The van der Waals surface area contributed by atoms with Crippen LogP contribution >= 0.6 is 0 Å². The molecule has 2 amide bonds. The number of nitrogens with one attached hydrogen (secondary N) is 1. The number of urea groups is 1. The van der Waals surface area contributed by atoms with Crippen LogP contribution in [-0.2, 0) is 9.47 Å². The minimum atomic E-state index is 0.00196. The highest BCUT2D eigenvalue weighted by atomic mass is 16.5. The Morgan fingerprint density at radius 2 is 2.42 bits per heavy atom. The van der Waals surface area contributed by atoms with E-state index in [0.717, 1.165) is 19.4 Å². The summed E-state index contributed by atoms with van der Waals surface area (Å²) in [7, 11) is 1.65. The summed E-state index contributed by atoms with van der Waals surface area (Å²) in [6.45, 7) is 3.18. The molecule has 2 aliphatic rings. The van der Waals surface area contributed by atoms with Crippen molar-refractivity contribution in [3.05, 3.63) is 12.2 Å². The molecule has 0 saturated carbocycles. The van der Waals surface area contributed by atoms with Crippen molar-refractivity contribution in [1.29, 1.82) is 0 Å². The molecule has 1 aliphatic carbocycles. The molecular formula is C14H24N2O3. The fourth-order valence-corrected chi connectivity index (χ4v) is 2.58. The second-order valence-corrected chi connectivity index (χ2v) is 5.23. The zero-order chi connectivity index (χ0) is 13.5. The highest BCUT2D eigenvalue weighted by Crippen LogP contribution is 2.17. The predicted molar refractivity (Wildman–Crippen MR) is 73.1 cm³/mol. The van der Waals surface area contributed by atoms with Crippen LogP contribution in [0, 0.1) is 5.92 Å². The first-order valence-electron chi connectivity index (χ1n) is 7.08. The van der Waals surface area contributed by atoms with Crippen LogP contribution in [0.25, 0.3) is 0 Å². The van der Waals surface area contributed by atoms with Crippen LogP contribution in [0.5, 0.6) is 0 Å². The highest BCUT2D eigenvalue weighted by molar-refractivity contribution is 5.74. The topological polar surface area (TPSA) is 50.8 Å². The summed E-state index contributed by atoms with van der Waals surface area (Å²) in [5, 5.41) is 3.04. The van der Waals surface area contributed by atoms with Crippen LogP contribution in [0.1, 0.15) is 19.3 Å². The number of hydrogen-bond acceptors (Lipinski definition) is 3. The van der Waals surface area contributed by atoms with Gasteiger partial charge in [0, 0.05) is 20.2 Å². The van der Waals surface area contributed by atoms with Gasteiger partial charge in [-0.25, -0.2) is 4.79 Å². The molecule has 0 bridgehead atoms. The zero-order valence-electron chi connectivity index (χ0n) is 11.6. The Labute approximate surface area is 114 Å². The lowest BCUT2D eigenvalue weighted by molar-refractivity contribution is -0.0494. The number of nitrogens with zero attached hydrogens (tertiary/aromatic N) is 1. The van der Waals surface area contributed by atoms with Crippen molar-refractivity contribution in [3.8, 4) is 0 Å². The van der Waals surface area contributed by atoms with Crippen LogP contribution < -0.4 is 5.32 Å². The minimum absolute atomic E-state index is 0.00196. The second-order valence-electron chi connectivity index (χ2n) is 5.23. The zero-order valence-corrected chi connectivity index (χ0v) is 11.6. The Kier molecular flexibility index (Phi) is 5.66. The van der Waals surface area contributed by atoms with Crippen molar-refractivity contribution in [3.63, 3.8) is 0 Å². The number of rotatable bonds is 4. The lowest BCUT2D eigenvalue weighted by Gasteiger charge is -2.33. The third-order valence-electron chi connectivity index (χ3n) is 3.70. The number of carbonyl (C=O) groups excluding carboxylic acids is 1. The Morgan fingerprint density at radius 1 is 1.53 bits per heavy atom. The predicted octanol–water partition coefficient (Wildman–Crippen LogP) is 1.40. The van der Waals surface area contributed by atoms with Gasteiger partial charge < -0.3 is 19.7 Å². The van der Waals surface area contributed by atoms with Gasteiger partial charge in [-0.1, -0.05) is 12.2 Å². The average molecular weight is 268 g/mol. The SMILES string of the molecule is COC[C@@H]1CN(C(=O)NC[C@H]2CC=CCC2)CCO1. The second kappa shape index (κ2) is 7.50. The molecule has 1 N–H and O–H groups in total. The van der Waals surface area contributed by atoms with Gasteiger partial charge in [-0.3, -0.25) is 0 Å². The van der Waals surface area contributed by atoms with Crippen molar-refractivity contribution in [1.82, 2.24) is 10.2 Å². The van der Waals surface area contributed by atoms with E-state index in [9.17, 15) is 4.79 Å². The molecule has 0 unspecified atom stereocenters. The number of carbonyl (C=O) groups is 1. The molecule has 5 heteroatoms. The Balaban J connectivity index is 1.71. The van der Waals surface area contributed by atoms with Crippen LogP contribution in [0.4, 0.5) is 4.79 Å². The summed E-state index contributed by atoms with van der Waals surface area (Å²) < 4.78 is 10.6. The summed E-state index contributed by atoms with van der Waals surface area (Å²) in [6.07, 6.45) is 7.82. The first-order chi connectivity index (χ1) is 9.29. The number of amides is 2. The molecule has 0 aromatic heterocycles. The maximum atomic E-state index is 12.1. The largest absolute Gasteiger partial charge is 0.382 e. The molecule has 1 saturated heterocycles. The van der Waals surface area contributed by atoms with E-state index >= 15 is 0 Å². The highest BCUT2D eigenvalue weighted by Gasteiger charge is 2.24. The molecule has 0 aromatic carbocycles. The van der Waals surface area contributed by atoms with E-state index in [1.54, 1.807) is 7.11 Å². The van der Waals surface area contributed by atoms with E-state index in [2.05, 4.69) is 17.5 Å². The van der Waals surface area contributed by atoms with Crippen molar-refractivity contribution in [2.45, 2.75) is 25.4 Å². The smallest absolute Gasteiger partial charge is 0.317 e. The number of ether oxygens (including phenoxy) is 2. The lowest BCUT2D eigenvalue weighted by atomic mass is 9.94. The molecular weight excluding hydrogens is 244 g/mol. The molecule has 5 nitrogen and oxygen atoms in total. The van der Waals surface area contributed by atoms with Gasteiger partial charge in [-0.15, -0.1) is 0 Å². The fourth-order valence-electron chi connectivity index (χ4n) is 2.58. The van der Waals surface area contributed by atoms with Gasteiger partial charge >= 0.3 is 6.03 Å². The molecule has 2 rings (SSSR count). The summed E-state index contributed by atoms with van der Waals surface area (Å²) in [5.41, 5.74) is 0. The minimum Gasteiger partial charge on any atom is -0.382 e. The number of allylic oxidation sites excluding steroid dienone is 2. The van der Waals surface area contributed by atoms with E-state index < -0.39 is 0 Å². The molecule has 1 heterocycles. The van der Waals surface area contributed by atoms with E-state index in [0.29, 0.717) is 32.2 Å². The van der Waals surface area contributed by atoms with Crippen molar-refractivity contribution in [2.75, 3.05) is 40.0 Å². The quantitative estimate of drug-likeness (QED) is 0.784. The average Bonchev–Trinajstić information content (AvgIpc) is 2.46. The van der Waals surface area contributed by atoms with Crippen molar-refractivity contribution in [2.24, 2.45) is 5.92 Å². The Morgan fingerprint density at radius 3 is 3.16 bits per heavy atom. The van der Waals surface area contributed by atoms with Gasteiger partial charge in [0.15, 0.2) is 0 Å². The third kappa shape index (κ3) is 4.51. The van der Waals surface area contributed by atoms with Crippen molar-refractivity contribution >= 4 is 6.03 Å². The number of morpholine rings is 1. The van der Waals surface area contributed by atoms with Gasteiger partial charge in [-0.05, 0) is 25.2 Å². The monoisotopic (exact) mass is 268 g/mol. The maximum absolute atomic E-state index is 12.1. The molecule has 19 heavy (non-hydrogen) atoms. The fraction of sp³-hybridized carbons (Fsp3) is 0.786. The van der Waals surface area contributed by atoms with E-state index in [1.165, 1.54) is 6.42 Å². The number of hydrogen-bond donors (Lipinski definition) is 1. The van der Waals surface area contributed by atoms with Crippen molar-refractivity contribution < 1.29 is 14.3 Å². The summed E-state index contributed by atoms with van der Waals surface area (Å²) in [5.74, 6) is 0.588. The third-order valence-corrected chi connectivity index (χ3v) is 3.70. The molecule has 2 atom stereocenters. The molecule has 0 spiro atoms. The van der Waals surface area contributed by atoms with E-state index in [4.69, 9.17) is 9.47 Å². The standard InChI is InChI=1S/C14H24N2O3/c1-18-11-13-10-16(7-8-19-13)14(17)15-9-12-5-3-2-4-6-12/h2-3,12-13H,4-11H2,1H3,(H,15,17)/t12-,13-/m0/s1. The lowest BCUT2D eigenvalue weighted by Crippen LogP contribution is -2.51. The first-order valence-corrected chi connectivity index (χ1v) is 7.08. The van der Waals surface area contributed by atoms with Gasteiger partial charge in [0.2, 0.25) is 0 Å². The number of methoxy groups -OCH3 is 1. The normalized spacial score (nSPS) is 27.3. The maximum Gasteiger partial charge on any atom is 0.317 e. The Hall–Kier alpha value is -1.07. The van der Waals surface area contributed by atoms with E-state index in [1.807, 2.05) is 4.90 Å². The molecule has 108 valence electrons. The van der Waals surface area contributed by atoms with Crippen LogP contribution in [0.15, 0.2) is 12.2 Å². The van der Waals surface area contributed by atoms with Gasteiger partial charge in [-0.2, -0.15) is 0 Å². The summed E-state index contributed by atoms with van der Waals surface area (Å²) in [6, 6.07) is 0.0268.